The average molecular weight is 302 g/mol. The molecule has 0 bridgehead atoms. The molecule has 1 saturated carbocycles. The number of aryl methyl sites for hydroxylation is 1. The second-order valence-corrected chi connectivity index (χ2v) is 6.98. The van der Waals surface area contributed by atoms with E-state index in [0.717, 1.165) is 47.2 Å². The molecule has 0 unspecified atom stereocenters. The minimum absolute atomic E-state index is 0.127. The van der Waals surface area contributed by atoms with Crippen LogP contribution in [0.2, 0.25) is 0 Å². The molecule has 0 spiro atoms. The lowest BCUT2D eigenvalue weighted by Crippen LogP contribution is -2.33. The number of rotatable bonds is 5. The molecular formula is C17H22N2OS. The van der Waals surface area contributed by atoms with Gasteiger partial charge in [0.15, 0.2) is 0 Å². The normalized spacial score (nSPS) is 14.6. The number of benzene rings is 1. The van der Waals surface area contributed by atoms with E-state index in [1.165, 1.54) is 16.9 Å². The van der Waals surface area contributed by atoms with Gasteiger partial charge < -0.3 is 10.6 Å². The van der Waals surface area contributed by atoms with Crippen molar-refractivity contribution in [1.29, 1.82) is 0 Å². The third kappa shape index (κ3) is 2.77. The van der Waals surface area contributed by atoms with Crippen molar-refractivity contribution < 1.29 is 4.79 Å². The summed E-state index contributed by atoms with van der Waals surface area (Å²) in [4.78, 5) is 15.6. The molecule has 1 fully saturated rings. The third-order valence-corrected chi connectivity index (χ3v) is 5.25. The molecule has 0 aliphatic heterocycles. The molecule has 1 aliphatic carbocycles. The highest BCUT2D eigenvalue weighted by Gasteiger charge is 2.34. The number of thiophene rings is 1. The Labute approximate surface area is 129 Å². The number of anilines is 1. The van der Waals surface area contributed by atoms with E-state index in [-0.39, 0.29) is 5.91 Å². The number of unbranched alkanes of at least 4 members (excludes halogenated alkanes) is 1. The van der Waals surface area contributed by atoms with E-state index in [0.29, 0.717) is 11.7 Å². The maximum absolute atomic E-state index is 12.9. The summed E-state index contributed by atoms with van der Waals surface area (Å²) >= 11 is 1.53. The minimum Gasteiger partial charge on any atom is -0.397 e. The number of nitrogens with zero attached hydrogens (tertiary/aromatic N) is 1. The van der Waals surface area contributed by atoms with Gasteiger partial charge in [0.2, 0.25) is 0 Å². The van der Waals surface area contributed by atoms with Crippen LogP contribution in [0.25, 0.3) is 10.1 Å². The molecule has 2 N–H and O–H groups in total. The summed E-state index contributed by atoms with van der Waals surface area (Å²) < 4.78 is 1.10. The fraction of sp³-hybridized carbons (Fsp3) is 0.471. The van der Waals surface area contributed by atoms with Gasteiger partial charge in [-0.2, -0.15) is 0 Å². The van der Waals surface area contributed by atoms with Gasteiger partial charge in [0.25, 0.3) is 5.91 Å². The Kier molecular flexibility index (Phi) is 3.89. The van der Waals surface area contributed by atoms with Gasteiger partial charge in [-0.3, -0.25) is 4.79 Å². The van der Waals surface area contributed by atoms with E-state index in [1.54, 1.807) is 0 Å². The molecular weight excluding hydrogens is 280 g/mol. The highest BCUT2D eigenvalue weighted by molar-refractivity contribution is 7.21. The molecule has 1 aromatic carbocycles. The zero-order valence-corrected chi connectivity index (χ0v) is 13.5. The molecule has 0 saturated heterocycles. The van der Waals surface area contributed by atoms with Gasteiger partial charge in [0.1, 0.15) is 4.88 Å². The van der Waals surface area contributed by atoms with Crippen molar-refractivity contribution in [2.75, 3.05) is 12.3 Å². The number of nitrogen functional groups attached to an aromatic ring is 1. The smallest absolute Gasteiger partial charge is 0.266 e. The first kappa shape index (κ1) is 14.4. The third-order valence-electron chi connectivity index (χ3n) is 4.08. The summed E-state index contributed by atoms with van der Waals surface area (Å²) in [7, 11) is 0. The number of nitrogens with two attached hydrogens (primary N) is 1. The minimum atomic E-state index is 0.127. The van der Waals surface area contributed by atoms with E-state index in [4.69, 9.17) is 5.73 Å². The Morgan fingerprint density at radius 2 is 2.19 bits per heavy atom. The molecule has 21 heavy (non-hydrogen) atoms. The largest absolute Gasteiger partial charge is 0.397 e. The lowest BCUT2D eigenvalue weighted by Gasteiger charge is -2.21. The molecule has 112 valence electrons. The summed E-state index contributed by atoms with van der Waals surface area (Å²) in [5, 5.41) is 1.02. The number of amides is 1. The molecule has 3 nitrogen and oxygen atoms in total. The predicted octanol–water partition coefficient (Wildman–Crippen LogP) is 4.20. The number of hydrogen-bond donors (Lipinski definition) is 1. The molecule has 0 atom stereocenters. The molecule has 1 aliphatic rings. The van der Waals surface area contributed by atoms with Crippen LogP contribution in [-0.4, -0.2) is 23.4 Å². The predicted molar refractivity (Wildman–Crippen MR) is 89.9 cm³/mol. The zero-order valence-electron chi connectivity index (χ0n) is 12.7. The zero-order chi connectivity index (χ0) is 15.0. The van der Waals surface area contributed by atoms with Crippen LogP contribution in [0.5, 0.6) is 0 Å². The molecule has 1 amide bonds. The summed E-state index contributed by atoms with van der Waals surface area (Å²) in [5.74, 6) is 0.127. The molecule has 3 rings (SSSR count). The molecule has 0 radical (unpaired) electrons. The van der Waals surface area contributed by atoms with Gasteiger partial charge in [-0.1, -0.05) is 25.0 Å². The summed E-state index contributed by atoms with van der Waals surface area (Å²) in [5.41, 5.74) is 8.09. The topological polar surface area (TPSA) is 46.3 Å². The number of carbonyl (C=O) groups excluding carboxylic acids is 1. The van der Waals surface area contributed by atoms with Crippen LogP contribution in [0.3, 0.4) is 0 Å². The fourth-order valence-corrected chi connectivity index (χ4v) is 3.74. The molecule has 1 heterocycles. The van der Waals surface area contributed by atoms with Crippen LogP contribution < -0.4 is 5.73 Å². The number of fused-ring (bicyclic) bond motifs is 1. The van der Waals surface area contributed by atoms with E-state index in [2.05, 4.69) is 32.0 Å². The van der Waals surface area contributed by atoms with Crippen molar-refractivity contribution in [2.24, 2.45) is 0 Å². The summed E-state index contributed by atoms with van der Waals surface area (Å²) in [6.07, 6.45) is 4.45. The van der Waals surface area contributed by atoms with E-state index < -0.39 is 0 Å². The van der Waals surface area contributed by atoms with Crippen LogP contribution in [0.1, 0.15) is 47.8 Å². The van der Waals surface area contributed by atoms with Gasteiger partial charge in [-0.05, 0) is 38.3 Å². The Bertz CT molecular complexity index is 673. The summed E-state index contributed by atoms with van der Waals surface area (Å²) in [6, 6.07) is 6.65. The first-order valence-electron chi connectivity index (χ1n) is 7.71. The van der Waals surface area contributed by atoms with Crippen molar-refractivity contribution >= 4 is 33.0 Å². The van der Waals surface area contributed by atoms with Gasteiger partial charge in [-0.25, -0.2) is 0 Å². The monoisotopic (exact) mass is 302 g/mol. The van der Waals surface area contributed by atoms with Crippen molar-refractivity contribution in [3.63, 3.8) is 0 Å². The van der Waals surface area contributed by atoms with Gasteiger partial charge in [0.05, 0.1) is 5.69 Å². The molecule has 1 aromatic heterocycles. The van der Waals surface area contributed by atoms with Crippen LogP contribution in [0.15, 0.2) is 18.2 Å². The maximum atomic E-state index is 12.9. The second kappa shape index (κ2) is 5.68. The average Bonchev–Trinajstić information content (AvgIpc) is 3.25. The first-order valence-corrected chi connectivity index (χ1v) is 8.53. The van der Waals surface area contributed by atoms with Crippen LogP contribution in [-0.2, 0) is 0 Å². The molecule has 4 heteroatoms. The van der Waals surface area contributed by atoms with Crippen LogP contribution in [0, 0.1) is 6.92 Å². The Morgan fingerprint density at radius 3 is 2.86 bits per heavy atom. The highest BCUT2D eigenvalue weighted by atomic mass is 32.1. The van der Waals surface area contributed by atoms with Gasteiger partial charge >= 0.3 is 0 Å². The fourth-order valence-electron chi connectivity index (χ4n) is 2.68. The molecule has 2 aromatic rings. The second-order valence-electron chi connectivity index (χ2n) is 5.93. The Hall–Kier alpha value is -1.55. The van der Waals surface area contributed by atoms with Gasteiger partial charge in [0, 0.05) is 22.7 Å². The lowest BCUT2D eigenvalue weighted by molar-refractivity contribution is 0.0746. The van der Waals surface area contributed by atoms with Crippen LogP contribution in [0.4, 0.5) is 5.69 Å². The van der Waals surface area contributed by atoms with E-state index in [9.17, 15) is 4.79 Å². The maximum Gasteiger partial charge on any atom is 0.266 e. The first-order chi connectivity index (χ1) is 10.1. The highest BCUT2D eigenvalue weighted by Crippen LogP contribution is 2.37. The van der Waals surface area contributed by atoms with Crippen molar-refractivity contribution in [1.82, 2.24) is 4.90 Å². The van der Waals surface area contributed by atoms with Crippen LogP contribution >= 0.6 is 11.3 Å². The SMILES string of the molecule is CCCCN(C(=O)c1sc2ccc(C)cc2c1N)C1CC1. The Morgan fingerprint density at radius 1 is 1.43 bits per heavy atom. The lowest BCUT2D eigenvalue weighted by atomic mass is 10.1. The number of carbonyl (C=O) groups is 1. The van der Waals surface area contributed by atoms with Crippen molar-refractivity contribution in [3.05, 3.63) is 28.6 Å². The van der Waals surface area contributed by atoms with Crippen molar-refractivity contribution in [3.8, 4) is 0 Å². The van der Waals surface area contributed by atoms with E-state index in [1.807, 2.05) is 4.90 Å². The summed E-state index contributed by atoms with van der Waals surface area (Å²) in [6.45, 7) is 5.06. The van der Waals surface area contributed by atoms with Gasteiger partial charge in [-0.15, -0.1) is 11.3 Å². The van der Waals surface area contributed by atoms with E-state index >= 15 is 0 Å². The Balaban J connectivity index is 1.94. The standard InChI is InChI=1S/C17H22N2OS/c1-3-4-9-19(12-6-7-12)17(20)16-15(18)13-10-11(2)5-8-14(13)21-16/h5,8,10,12H,3-4,6-7,9,18H2,1-2H3. The number of hydrogen-bond acceptors (Lipinski definition) is 3. The quantitative estimate of drug-likeness (QED) is 0.900. The van der Waals surface area contributed by atoms with Crippen molar-refractivity contribution in [2.45, 2.75) is 45.6 Å².